The molecule has 0 amide bonds. The number of unbranched alkanes of at least 4 members (excludes halogenated alkanes) is 3. The molecule has 0 unspecified atom stereocenters. The van der Waals surface area contributed by atoms with Gasteiger partial charge in [-0.2, -0.15) is 0 Å². The van der Waals surface area contributed by atoms with E-state index in [1.165, 1.54) is 44.1 Å². The summed E-state index contributed by atoms with van der Waals surface area (Å²) in [6.07, 6.45) is 9.20. The average Bonchev–Trinajstić information content (AvgIpc) is 2.53. The zero-order chi connectivity index (χ0) is 16.2. The fourth-order valence-corrected chi connectivity index (χ4v) is 2.46. The van der Waals surface area contributed by atoms with E-state index in [0.717, 1.165) is 23.8 Å². The molecule has 0 N–H and O–H groups in total. The van der Waals surface area contributed by atoms with Crippen LogP contribution in [-0.2, 0) is 6.42 Å². The van der Waals surface area contributed by atoms with Gasteiger partial charge in [-0.25, -0.2) is 0 Å². The van der Waals surface area contributed by atoms with Gasteiger partial charge in [0.05, 0.1) is 0 Å². The first-order valence-electron chi connectivity index (χ1n) is 9.05. The Morgan fingerprint density at radius 1 is 0.909 bits per heavy atom. The lowest BCUT2D eigenvalue weighted by Gasteiger charge is -2.18. The van der Waals surface area contributed by atoms with E-state index in [4.69, 9.17) is 9.47 Å². The third kappa shape index (κ3) is 7.72. The summed E-state index contributed by atoms with van der Waals surface area (Å²) >= 11 is 0. The van der Waals surface area contributed by atoms with Gasteiger partial charge in [-0.3, -0.25) is 0 Å². The van der Waals surface area contributed by atoms with E-state index in [0.29, 0.717) is 13.2 Å². The van der Waals surface area contributed by atoms with Gasteiger partial charge in [0.15, 0.2) is 11.5 Å². The van der Waals surface area contributed by atoms with Gasteiger partial charge in [0.2, 0.25) is 0 Å². The first-order chi connectivity index (χ1) is 10.7. The molecule has 0 fully saturated rings. The Kier molecular flexibility index (Phi) is 9.77. The van der Waals surface area contributed by atoms with Crippen molar-refractivity contribution in [3.05, 3.63) is 23.8 Å². The van der Waals surface area contributed by atoms with E-state index in [1.807, 2.05) is 6.07 Å². The van der Waals surface area contributed by atoms with Gasteiger partial charge in [0.1, 0.15) is 13.2 Å². The van der Waals surface area contributed by atoms with Crippen LogP contribution in [0.2, 0.25) is 0 Å². The second-order valence-electron chi connectivity index (χ2n) is 6.47. The maximum absolute atomic E-state index is 5.57. The molecule has 0 radical (unpaired) electrons. The number of fused-ring (bicyclic) bond motifs is 1. The number of benzene rings is 1. The fraction of sp³-hybridized carbons (Fsp3) is 0.700. The summed E-state index contributed by atoms with van der Waals surface area (Å²) in [6.45, 7) is 10.3. The fourth-order valence-electron chi connectivity index (χ4n) is 2.46. The monoisotopic (exact) mass is 306 g/mol. The average molecular weight is 306 g/mol. The molecule has 1 aromatic carbocycles. The quantitative estimate of drug-likeness (QED) is 0.573. The van der Waals surface area contributed by atoms with Crippen molar-refractivity contribution in [2.75, 3.05) is 13.2 Å². The van der Waals surface area contributed by atoms with E-state index in [2.05, 4.69) is 39.8 Å². The van der Waals surface area contributed by atoms with Crippen molar-refractivity contribution in [3.63, 3.8) is 0 Å². The molecule has 0 saturated heterocycles. The predicted molar refractivity (Wildman–Crippen MR) is 95.0 cm³/mol. The Morgan fingerprint density at radius 2 is 1.55 bits per heavy atom. The SMILES string of the molecule is CC(C)CCCc1ccc2c(c1)OCCO2.CCCCCC. The van der Waals surface area contributed by atoms with Crippen molar-refractivity contribution in [1.29, 1.82) is 0 Å². The Labute approximate surface area is 137 Å². The lowest BCUT2D eigenvalue weighted by Crippen LogP contribution is -2.15. The number of hydrogen-bond acceptors (Lipinski definition) is 2. The third-order valence-corrected chi connectivity index (χ3v) is 3.81. The zero-order valence-electron chi connectivity index (χ0n) is 15.0. The minimum Gasteiger partial charge on any atom is -0.486 e. The first-order valence-corrected chi connectivity index (χ1v) is 9.05. The number of aryl methyl sites for hydroxylation is 1. The molecule has 0 aromatic heterocycles. The Bertz CT molecular complexity index is 395. The third-order valence-electron chi connectivity index (χ3n) is 3.81. The van der Waals surface area contributed by atoms with Crippen molar-refractivity contribution < 1.29 is 9.47 Å². The van der Waals surface area contributed by atoms with Crippen molar-refractivity contribution in [3.8, 4) is 11.5 Å². The molecule has 2 nitrogen and oxygen atoms in total. The van der Waals surface area contributed by atoms with E-state index in [9.17, 15) is 0 Å². The molecule has 2 rings (SSSR count). The standard InChI is InChI=1S/C14H20O2.C6H14/c1-11(2)4-3-5-12-6-7-13-14(10-12)16-9-8-15-13;1-3-5-6-4-2/h6-7,10-11H,3-5,8-9H2,1-2H3;3-6H2,1-2H3. The molecule has 2 heteroatoms. The summed E-state index contributed by atoms with van der Waals surface area (Å²) in [5.74, 6) is 2.59. The number of hydrogen-bond donors (Lipinski definition) is 0. The molecule has 1 aromatic rings. The van der Waals surface area contributed by atoms with Crippen LogP contribution >= 0.6 is 0 Å². The normalized spacial score (nSPS) is 12.8. The zero-order valence-corrected chi connectivity index (χ0v) is 15.0. The van der Waals surface area contributed by atoms with Crippen LogP contribution in [0, 0.1) is 5.92 Å². The smallest absolute Gasteiger partial charge is 0.161 e. The van der Waals surface area contributed by atoms with Crippen molar-refractivity contribution in [2.45, 2.75) is 72.6 Å². The summed E-state index contributed by atoms with van der Waals surface area (Å²) in [5, 5.41) is 0. The maximum atomic E-state index is 5.57. The molecule has 1 aliphatic heterocycles. The van der Waals surface area contributed by atoms with Crippen LogP contribution in [0.5, 0.6) is 11.5 Å². The molecular formula is C20H34O2. The Hall–Kier alpha value is -1.18. The van der Waals surface area contributed by atoms with Crippen molar-refractivity contribution in [1.82, 2.24) is 0 Å². The van der Waals surface area contributed by atoms with Gasteiger partial charge < -0.3 is 9.47 Å². The second-order valence-corrected chi connectivity index (χ2v) is 6.47. The van der Waals surface area contributed by atoms with Gasteiger partial charge in [-0.15, -0.1) is 0 Å². The van der Waals surface area contributed by atoms with Crippen molar-refractivity contribution in [2.24, 2.45) is 5.92 Å². The lowest BCUT2D eigenvalue weighted by atomic mass is 10.0. The Balaban J connectivity index is 0.000000346. The van der Waals surface area contributed by atoms with E-state index in [1.54, 1.807) is 0 Å². The maximum Gasteiger partial charge on any atom is 0.161 e. The minimum atomic E-state index is 0.666. The Morgan fingerprint density at radius 3 is 2.14 bits per heavy atom. The van der Waals surface area contributed by atoms with Crippen molar-refractivity contribution >= 4 is 0 Å². The molecule has 0 spiro atoms. The predicted octanol–water partition coefficient (Wildman–Crippen LogP) is 6.02. The highest BCUT2D eigenvalue weighted by Gasteiger charge is 2.11. The molecule has 1 aliphatic rings. The van der Waals surface area contributed by atoms with Crippen LogP contribution in [0.15, 0.2) is 18.2 Å². The molecule has 0 saturated carbocycles. The summed E-state index contributed by atoms with van der Waals surface area (Å²) in [6, 6.07) is 6.29. The molecule has 0 atom stereocenters. The van der Waals surface area contributed by atoms with Gasteiger partial charge in [-0.05, 0) is 36.5 Å². The van der Waals surface area contributed by atoms with Crippen LogP contribution in [0.25, 0.3) is 0 Å². The van der Waals surface area contributed by atoms with E-state index < -0.39 is 0 Å². The summed E-state index contributed by atoms with van der Waals surface area (Å²) in [4.78, 5) is 0. The van der Waals surface area contributed by atoms with Crippen LogP contribution in [0.4, 0.5) is 0 Å². The minimum absolute atomic E-state index is 0.666. The lowest BCUT2D eigenvalue weighted by molar-refractivity contribution is 0.171. The van der Waals surface area contributed by atoms with Gasteiger partial charge in [-0.1, -0.05) is 65.9 Å². The van der Waals surface area contributed by atoms with Crippen LogP contribution in [0.1, 0.15) is 71.8 Å². The van der Waals surface area contributed by atoms with Gasteiger partial charge in [0.25, 0.3) is 0 Å². The highest BCUT2D eigenvalue weighted by Crippen LogP contribution is 2.31. The van der Waals surface area contributed by atoms with Crippen LogP contribution in [0.3, 0.4) is 0 Å². The molecule has 1 heterocycles. The van der Waals surface area contributed by atoms with Gasteiger partial charge in [0, 0.05) is 0 Å². The topological polar surface area (TPSA) is 18.5 Å². The summed E-state index contributed by atoms with van der Waals surface area (Å²) in [7, 11) is 0. The molecule has 22 heavy (non-hydrogen) atoms. The van der Waals surface area contributed by atoms with E-state index in [-0.39, 0.29) is 0 Å². The molecule has 0 aliphatic carbocycles. The van der Waals surface area contributed by atoms with Gasteiger partial charge >= 0.3 is 0 Å². The highest BCUT2D eigenvalue weighted by atomic mass is 16.6. The largest absolute Gasteiger partial charge is 0.486 e. The summed E-state index contributed by atoms with van der Waals surface area (Å²) < 4.78 is 11.1. The van der Waals surface area contributed by atoms with Crippen LogP contribution < -0.4 is 9.47 Å². The second kappa shape index (κ2) is 11.4. The summed E-state index contributed by atoms with van der Waals surface area (Å²) in [5.41, 5.74) is 1.35. The van der Waals surface area contributed by atoms with Crippen LogP contribution in [-0.4, -0.2) is 13.2 Å². The molecular weight excluding hydrogens is 272 g/mol. The number of rotatable bonds is 7. The first kappa shape index (κ1) is 18.9. The molecule has 126 valence electrons. The number of ether oxygens (including phenoxy) is 2. The highest BCUT2D eigenvalue weighted by molar-refractivity contribution is 5.43. The molecule has 0 bridgehead atoms. The van der Waals surface area contributed by atoms with E-state index >= 15 is 0 Å².